The zero-order valence-electron chi connectivity index (χ0n) is 14.8. The lowest BCUT2D eigenvalue weighted by atomic mass is 9.89. The highest BCUT2D eigenvalue weighted by Gasteiger charge is 2.40. The van der Waals surface area contributed by atoms with Gasteiger partial charge in [-0.25, -0.2) is 4.79 Å². The van der Waals surface area contributed by atoms with Gasteiger partial charge in [0, 0.05) is 32.6 Å². The summed E-state index contributed by atoms with van der Waals surface area (Å²) in [5.74, 6) is 0.176. The van der Waals surface area contributed by atoms with Crippen molar-refractivity contribution in [3.05, 3.63) is 35.4 Å². The summed E-state index contributed by atoms with van der Waals surface area (Å²) >= 11 is 0. The number of benzene rings is 1. The SMILES string of the molecule is Cc1ccccc1[C@@]1(O)CCN(C(=O)NCCN2CCCCC2=O)C1. The predicted molar refractivity (Wildman–Crippen MR) is 95.1 cm³/mol. The minimum absolute atomic E-state index is 0.172. The minimum atomic E-state index is -0.981. The summed E-state index contributed by atoms with van der Waals surface area (Å²) < 4.78 is 0. The van der Waals surface area contributed by atoms with Crippen LogP contribution in [-0.2, 0) is 10.4 Å². The van der Waals surface area contributed by atoms with Crippen LogP contribution in [-0.4, -0.2) is 59.6 Å². The summed E-state index contributed by atoms with van der Waals surface area (Å²) in [7, 11) is 0. The number of hydrogen-bond donors (Lipinski definition) is 2. The van der Waals surface area contributed by atoms with Crippen LogP contribution in [0.2, 0.25) is 0 Å². The second-order valence-corrected chi connectivity index (χ2v) is 7.09. The summed E-state index contributed by atoms with van der Waals surface area (Å²) in [6.07, 6.45) is 3.15. The fourth-order valence-electron chi connectivity index (χ4n) is 3.79. The molecule has 0 unspecified atom stereocenters. The maximum absolute atomic E-state index is 12.4. The van der Waals surface area contributed by atoms with Gasteiger partial charge in [-0.1, -0.05) is 24.3 Å². The summed E-state index contributed by atoms with van der Waals surface area (Å²) in [5.41, 5.74) is 0.950. The van der Waals surface area contributed by atoms with Crippen molar-refractivity contribution in [3.8, 4) is 0 Å². The van der Waals surface area contributed by atoms with Crippen LogP contribution in [0.15, 0.2) is 24.3 Å². The quantitative estimate of drug-likeness (QED) is 0.871. The highest BCUT2D eigenvalue weighted by molar-refractivity contribution is 5.77. The van der Waals surface area contributed by atoms with Crippen molar-refractivity contribution in [2.45, 2.75) is 38.2 Å². The van der Waals surface area contributed by atoms with Gasteiger partial charge in [0.1, 0.15) is 5.60 Å². The predicted octanol–water partition coefficient (Wildman–Crippen LogP) is 1.61. The number of aliphatic hydroxyl groups is 1. The van der Waals surface area contributed by atoms with Crippen molar-refractivity contribution < 1.29 is 14.7 Å². The molecule has 1 atom stereocenters. The molecule has 3 rings (SSSR count). The Kier molecular flexibility index (Phi) is 5.27. The van der Waals surface area contributed by atoms with E-state index in [0.29, 0.717) is 39.0 Å². The number of piperidine rings is 1. The molecular weight excluding hydrogens is 318 g/mol. The van der Waals surface area contributed by atoms with Crippen LogP contribution in [0.4, 0.5) is 4.79 Å². The van der Waals surface area contributed by atoms with Crippen LogP contribution in [0.25, 0.3) is 0 Å². The fourth-order valence-corrected chi connectivity index (χ4v) is 3.79. The maximum atomic E-state index is 12.4. The number of urea groups is 1. The van der Waals surface area contributed by atoms with Crippen LogP contribution < -0.4 is 5.32 Å². The zero-order valence-corrected chi connectivity index (χ0v) is 14.8. The molecule has 2 fully saturated rings. The molecule has 0 saturated carbocycles. The van der Waals surface area contributed by atoms with Gasteiger partial charge in [0.05, 0.1) is 6.54 Å². The van der Waals surface area contributed by atoms with Crippen LogP contribution in [0.3, 0.4) is 0 Å². The molecule has 0 radical (unpaired) electrons. The summed E-state index contributed by atoms with van der Waals surface area (Å²) in [4.78, 5) is 27.6. The van der Waals surface area contributed by atoms with Crippen molar-refractivity contribution in [2.24, 2.45) is 0 Å². The number of nitrogens with one attached hydrogen (secondary N) is 1. The minimum Gasteiger partial charge on any atom is -0.383 e. The number of amides is 3. The van der Waals surface area contributed by atoms with E-state index < -0.39 is 5.60 Å². The molecule has 2 saturated heterocycles. The Balaban J connectivity index is 1.51. The molecule has 25 heavy (non-hydrogen) atoms. The number of β-amino-alcohol motifs (C(OH)–C–C–N with tert-alkyl or cyclic N) is 1. The molecule has 0 aliphatic carbocycles. The number of likely N-dealkylation sites (tertiary alicyclic amines) is 2. The maximum Gasteiger partial charge on any atom is 0.317 e. The van der Waals surface area contributed by atoms with E-state index in [1.807, 2.05) is 36.1 Å². The second-order valence-electron chi connectivity index (χ2n) is 7.09. The molecule has 2 heterocycles. The van der Waals surface area contributed by atoms with Gasteiger partial charge in [-0.3, -0.25) is 4.79 Å². The Morgan fingerprint density at radius 1 is 1.28 bits per heavy atom. The van der Waals surface area contributed by atoms with Crippen LogP contribution in [0.5, 0.6) is 0 Å². The van der Waals surface area contributed by atoms with Crippen molar-refractivity contribution in [3.63, 3.8) is 0 Å². The van der Waals surface area contributed by atoms with Crippen molar-refractivity contribution in [1.29, 1.82) is 0 Å². The number of rotatable bonds is 4. The molecule has 1 aromatic rings. The third-order valence-electron chi connectivity index (χ3n) is 5.26. The molecule has 6 heteroatoms. The fraction of sp³-hybridized carbons (Fsp3) is 0.579. The summed E-state index contributed by atoms with van der Waals surface area (Å²) in [6, 6.07) is 7.60. The Morgan fingerprint density at radius 3 is 2.84 bits per heavy atom. The number of carbonyl (C=O) groups excluding carboxylic acids is 2. The molecule has 0 aromatic heterocycles. The third kappa shape index (κ3) is 3.95. The third-order valence-corrected chi connectivity index (χ3v) is 5.26. The van der Waals surface area contributed by atoms with E-state index in [0.717, 1.165) is 30.5 Å². The topological polar surface area (TPSA) is 72.9 Å². The second kappa shape index (κ2) is 7.44. The Bertz CT molecular complexity index is 649. The van der Waals surface area contributed by atoms with Gasteiger partial charge < -0.3 is 20.2 Å². The largest absolute Gasteiger partial charge is 0.383 e. The molecule has 2 aliphatic heterocycles. The number of nitrogens with zero attached hydrogens (tertiary/aromatic N) is 2. The van der Waals surface area contributed by atoms with Crippen molar-refractivity contribution >= 4 is 11.9 Å². The number of aryl methyl sites for hydroxylation is 1. The average molecular weight is 345 g/mol. The van der Waals surface area contributed by atoms with Gasteiger partial charge in [0.15, 0.2) is 0 Å². The van der Waals surface area contributed by atoms with Gasteiger partial charge in [-0.2, -0.15) is 0 Å². The zero-order chi connectivity index (χ0) is 17.9. The molecule has 136 valence electrons. The summed E-state index contributed by atoms with van der Waals surface area (Å²) in [5, 5.41) is 13.8. The van der Waals surface area contributed by atoms with E-state index in [9.17, 15) is 14.7 Å². The van der Waals surface area contributed by atoms with Crippen LogP contribution >= 0.6 is 0 Å². The molecule has 2 N–H and O–H groups in total. The van der Waals surface area contributed by atoms with E-state index in [1.165, 1.54) is 0 Å². The molecule has 0 spiro atoms. The molecule has 0 bridgehead atoms. The number of carbonyl (C=O) groups is 2. The summed E-state index contributed by atoms with van der Waals surface area (Å²) in [6.45, 7) is 4.59. The Labute approximate surface area is 148 Å². The van der Waals surface area contributed by atoms with Crippen molar-refractivity contribution in [1.82, 2.24) is 15.1 Å². The molecular formula is C19H27N3O3. The van der Waals surface area contributed by atoms with E-state index in [1.54, 1.807) is 4.90 Å². The van der Waals surface area contributed by atoms with Gasteiger partial charge in [-0.05, 0) is 37.3 Å². The lowest BCUT2D eigenvalue weighted by molar-refractivity contribution is -0.133. The first-order valence-electron chi connectivity index (χ1n) is 9.09. The highest BCUT2D eigenvalue weighted by atomic mass is 16.3. The van der Waals surface area contributed by atoms with Gasteiger partial charge in [0.2, 0.25) is 5.91 Å². The van der Waals surface area contributed by atoms with E-state index in [-0.39, 0.29) is 11.9 Å². The standard InChI is InChI=1S/C19H27N3O3/c1-15-6-2-3-7-16(15)19(25)9-12-22(14-19)18(24)20-10-13-21-11-5-4-8-17(21)23/h2-3,6-7,25H,4-5,8-14H2,1H3,(H,20,24)/t19-/m1/s1. The highest BCUT2D eigenvalue weighted by Crippen LogP contribution is 2.33. The van der Waals surface area contributed by atoms with Crippen LogP contribution in [0, 0.1) is 6.92 Å². The lowest BCUT2D eigenvalue weighted by Gasteiger charge is -2.28. The van der Waals surface area contributed by atoms with E-state index in [2.05, 4.69) is 5.32 Å². The normalized spacial score (nSPS) is 23.8. The van der Waals surface area contributed by atoms with E-state index in [4.69, 9.17) is 0 Å². The number of hydrogen-bond acceptors (Lipinski definition) is 3. The first-order valence-corrected chi connectivity index (χ1v) is 9.09. The Morgan fingerprint density at radius 2 is 2.08 bits per heavy atom. The molecule has 3 amide bonds. The molecule has 1 aromatic carbocycles. The van der Waals surface area contributed by atoms with E-state index >= 15 is 0 Å². The van der Waals surface area contributed by atoms with Crippen LogP contribution in [0.1, 0.15) is 36.8 Å². The average Bonchev–Trinajstić information content (AvgIpc) is 3.00. The van der Waals surface area contributed by atoms with Gasteiger partial charge in [0.25, 0.3) is 0 Å². The lowest BCUT2D eigenvalue weighted by Crippen LogP contribution is -2.45. The van der Waals surface area contributed by atoms with Crippen molar-refractivity contribution in [2.75, 3.05) is 32.7 Å². The van der Waals surface area contributed by atoms with Gasteiger partial charge >= 0.3 is 6.03 Å². The monoisotopic (exact) mass is 345 g/mol. The molecule has 6 nitrogen and oxygen atoms in total. The molecule has 2 aliphatic rings. The smallest absolute Gasteiger partial charge is 0.317 e. The first-order chi connectivity index (χ1) is 12.0. The first kappa shape index (κ1) is 17.7. The van der Waals surface area contributed by atoms with Gasteiger partial charge in [-0.15, -0.1) is 0 Å². The Hall–Kier alpha value is -2.08.